The van der Waals surface area contributed by atoms with Crippen molar-refractivity contribution in [3.05, 3.63) is 82.8 Å². The van der Waals surface area contributed by atoms with Crippen molar-refractivity contribution in [2.45, 2.75) is 31.3 Å². The molecular formula is C25H23FN2O2. The minimum atomic E-state index is -0.598. The molecular weight excluding hydrogens is 379 g/mol. The van der Waals surface area contributed by atoms with Gasteiger partial charge in [-0.1, -0.05) is 54.6 Å². The molecule has 0 amide bonds. The average Bonchev–Trinajstić information content (AvgIpc) is 3.15. The summed E-state index contributed by atoms with van der Waals surface area (Å²) in [6.45, 7) is -0.574. The van der Waals surface area contributed by atoms with Crippen LogP contribution >= 0.6 is 0 Å². The number of benzene rings is 2. The van der Waals surface area contributed by atoms with Crippen LogP contribution in [0.4, 0.5) is 4.39 Å². The Morgan fingerprint density at radius 2 is 1.73 bits per heavy atom. The number of pyridine rings is 1. The van der Waals surface area contributed by atoms with Gasteiger partial charge < -0.3 is 14.7 Å². The van der Waals surface area contributed by atoms with Crippen molar-refractivity contribution in [1.29, 1.82) is 0 Å². The SMILES string of the molecule is NC1(c2ccc(-c3oc4ccn(CCF)c(=O)c4c3-c3ccccc3)cc2)CCC1. The van der Waals surface area contributed by atoms with Gasteiger partial charge in [0, 0.05) is 22.9 Å². The van der Waals surface area contributed by atoms with Gasteiger partial charge in [0.2, 0.25) is 0 Å². The highest BCUT2D eigenvalue weighted by molar-refractivity contribution is 6.01. The summed E-state index contributed by atoms with van der Waals surface area (Å²) in [5, 5.41) is 0.477. The van der Waals surface area contributed by atoms with Crippen molar-refractivity contribution in [2.75, 3.05) is 6.67 Å². The Labute approximate surface area is 173 Å². The molecule has 0 spiro atoms. The number of furan rings is 1. The summed E-state index contributed by atoms with van der Waals surface area (Å²) >= 11 is 0. The van der Waals surface area contributed by atoms with E-state index in [0.29, 0.717) is 16.7 Å². The zero-order valence-electron chi connectivity index (χ0n) is 16.6. The summed E-state index contributed by atoms with van der Waals surface area (Å²) in [7, 11) is 0. The van der Waals surface area contributed by atoms with Gasteiger partial charge in [-0.05, 0) is 36.5 Å². The molecule has 4 aromatic rings. The highest BCUT2D eigenvalue weighted by Gasteiger charge is 2.34. The summed E-state index contributed by atoms with van der Waals surface area (Å²) in [5.41, 5.74) is 10.1. The fourth-order valence-corrected chi connectivity index (χ4v) is 4.30. The van der Waals surface area contributed by atoms with Crippen LogP contribution in [-0.2, 0) is 12.1 Å². The number of halogens is 1. The molecule has 0 bridgehead atoms. The van der Waals surface area contributed by atoms with Crippen molar-refractivity contribution < 1.29 is 8.81 Å². The van der Waals surface area contributed by atoms with E-state index >= 15 is 0 Å². The van der Waals surface area contributed by atoms with E-state index in [1.807, 2.05) is 42.5 Å². The van der Waals surface area contributed by atoms with Crippen molar-refractivity contribution in [1.82, 2.24) is 4.57 Å². The number of nitrogens with two attached hydrogens (primary N) is 1. The molecule has 152 valence electrons. The lowest BCUT2D eigenvalue weighted by molar-refractivity contribution is 0.253. The Balaban J connectivity index is 1.72. The summed E-state index contributed by atoms with van der Waals surface area (Å²) in [6, 6.07) is 19.6. The quantitative estimate of drug-likeness (QED) is 0.497. The second kappa shape index (κ2) is 7.26. The molecule has 30 heavy (non-hydrogen) atoms. The molecule has 0 aliphatic heterocycles. The predicted molar refractivity (Wildman–Crippen MR) is 117 cm³/mol. The lowest BCUT2D eigenvalue weighted by atomic mass is 9.72. The van der Waals surface area contributed by atoms with Crippen molar-refractivity contribution in [2.24, 2.45) is 5.73 Å². The second-order valence-corrected chi connectivity index (χ2v) is 8.00. The van der Waals surface area contributed by atoms with E-state index in [1.165, 1.54) is 4.57 Å². The zero-order chi connectivity index (χ0) is 20.7. The minimum absolute atomic E-state index is 0.0246. The highest BCUT2D eigenvalue weighted by atomic mass is 19.1. The fourth-order valence-electron chi connectivity index (χ4n) is 4.30. The van der Waals surface area contributed by atoms with E-state index in [0.717, 1.165) is 41.5 Å². The van der Waals surface area contributed by atoms with Crippen LogP contribution in [0.5, 0.6) is 0 Å². The molecule has 0 radical (unpaired) electrons. The molecule has 5 rings (SSSR count). The largest absolute Gasteiger partial charge is 0.455 e. The molecule has 2 N–H and O–H groups in total. The molecule has 0 atom stereocenters. The first-order valence-corrected chi connectivity index (χ1v) is 10.3. The molecule has 2 heterocycles. The topological polar surface area (TPSA) is 61.2 Å². The lowest BCUT2D eigenvalue weighted by Crippen LogP contribution is -2.43. The number of hydrogen-bond donors (Lipinski definition) is 1. The Bertz CT molecular complexity index is 1250. The highest BCUT2D eigenvalue weighted by Crippen LogP contribution is 2.42. The number of aromatic nitrogens is 1. The molecule has 1 fully saturated rings. The Morgan fingerprint density at radius 1 is 1.00 bits per heavy atom. The maximum absolute atomic E-state index is 13.1. The summed E-state index contributed by atoms with van der Waals surface area (Å²) < 4.78 is 20.5. The third kappa shape index (κ3) is 2.97. The van der Waals surface area contributed by atoms with Crippen LogP contribution in [0.2, 0.25) is 0 Å². The smallest absolute Gasteiger partial charge is 0.262 e. The van der Waals surface area contributed by atoms with E-state index in [4.69, 9.17) is 10.2 Å². The third-order valence-electron chi connectivity index (χ3n) is 6.17. The van der Waals surface area contributed by atoms with Gasteiger partial charge in [0.1, 0.15) is 18.0 Å². The van der Waals surface area contributed by atoms with Crippen molar-refractivity contribution in [3.63, 3.8) is 0 Å². The number of aryl methyl sites for hydroxylation is 1. The summed E-state index contributed by atoms with van der Waals surface area (Å²) in [5.74, 6) is 0.637. The molecule has 1 aliphatic carbocycles. The fraction of sp³-hybridized carbons (Fsp3) is 0.240. The molecule has 5 heteroatoms. The number of fused-ring (bicyclic) bond motifs is 1. The molecule has 2 aromatic carbocycles. The predicted octanol–water partition coefficient (Wildman–Crippen LogP) is 5.24. The minimum Gasteiger partial charge on any atom is -0.455 e. The first kappa shape index (κ1) is 18.8. The van der Waals surface area contributed by atoms with Crippen LogP contribution in [0.1, 0.15) is 24.8 Å². The van der Waals surface area contributed by atoms with Gasteiger partial charge in [-0.15, -0.1) is 0 Å². The third-order valence-corrected chi connectivity index (χ3v) is 6.17. The maximum atomic E-state index is 13.1. The van der Waals surface area contributed by atoms with Crippen molar-refractivity contribution >= 4 is 11.0 Å². The van der Waals surface area contributed by atoms with Crippen LogP contribution in [0.3, 0.4) is 0 Å². The van der Waals surface area contributed by atoms with Crippen LogP contribution in [-0.4, -0.2) is 11.2 Å². The van der Waals surface area contributed by atoms with E-state index in [1.54, 1.807) is 12.3 Å². The number of alkyl halides is 1. The van der Waals surface area contributed by atoms with Crippen molar-refractivity contribution in [3.8, 4) is 22.5 Å². The Morgan fingerprint density at radius 3 is 2.37 bits per heavy atom. The molecule has 0 unspecified atom stereocenters. The van der Waals surface area contributed by atoms with E-state index in [-0.39, 0.29) is 17.6 Å². The molecule has 1 aliphatic rings. The zero-order valence-corrected chi connectivity index (χ0v) is 16.6. The standard InChI is InChI=1S/C25H23FN2O2/c26-14-16-28-15-11-20-22(24(28)29)21(17-5-2-1-3-6-17)23(30-20)18-7-9-19(10-8-18)25(27)12-4-13-25/h1-3,5-11,15H,4,12-14,16,27H2. The number of rotatable bonds is 5. The van der Waals surface area contributed by atoms with Gasteiger partial charge in [-0.2, -0.15) is 0 Å². The average molecular weight is 402 g/mol. The second-order valence-electron chi connectivity index (χ2n) is 8.00. The van der Waals surface area contributed by atoms with E-state index < -0.39 is 6.67 Å². The van der Waals surface area contributed by atoms with Gasteiger partial charge in [0.05, 0.1) is 11.9 Å². The molecule has 1 saturated carbocycles. The van der Waals surface area contributed by atoms with Crippen LogP contribution in [0.25, 0.3) is 33.4 Å². The number of hydrogen-bond acceptors (Lipinski definition) is 3. The van der Waals surface area contributed by atoms with Crippen LogP contribution < -0.4 is 11.3 Å². The first-order chi connectivity index (χ1) is 14.6. The van der Waals surface area contributed by atoms with Crippen LogP contribution in [0, 0.1) is 0 Å². The lowest BCUT2D eigenvalue weighted by Gasteiger charge is -2.38. The molecule has 2 aromatic heterocycles. The van der Waals surface area contributed by atoms with E-state index in [2.05, 4.69) is 12.1 Å². The Kier molecular flexibility index (Phi) is 4.55. The monoisotopic (exact) mass is 402 g/mol. The van der Waals surface area contributed by atoms with Gasteiger partial charge >= 0.3 is 0 Å². The van der Waals surface area contributed by atoms with Gasteiger partial charge in [-0.25, -0.2) is 4.39 Å². The summed E-state index contributed by atoms with van der Waals surface area (Å²) in [4.78, 5) is 13.1. The van der Waals surface area contributed by atoms with E-state index in [9.17, 15) is 9.18 Å². The molecule has 4 nitrogen and oxygen atoms in total. The normalized spacial score (nSPS) is 15.3. The Hall–Kier alpha value is -3.18. The summed E-state index contributed by atoms with van der Waals surface area (Å²) in [6.07, 6.45) is 4.75. The van der Waals surface area contributed by atoms with Gasteiger partial charge in [0.25, 0.3) is 5.56 Å². The van der Waals surface area contributed by atoms with Gasteiger partial charge in [0.15, 0.2) is 0 Å². The molecule has 0 saturated heterocycles. The maximum Gasteiger partial charge on any atom is 0.262 e. The van der Waals surface area contributed by atoms with Gasteiger partial charge in [-0.3, -0.25) is 4.79 Å². The first-order valence-electron chi connectivity index (χ1n) is 10.3. The van der Waals surface area contributed by atoms with Crippen LogP contribution in [0.15, 0.2) is 76.1 Å². The number of nitrogens with zero attached hydrogens (tertiary/aromatic N) is 1.